The molecule has 1 spiro atoms. The third-order valence-corrected chi connectivity index (χ3v) is 5.07. The quantitative estimate of drug-likeness (QED) is 0.860. The van der Waals surface area contributed by atoms with E-state index in [1.807, 2.05) is 7.05 Å². The summed E-state index contributed by atoms with van der Waals surface area (Å²) in [5.74, 6) is 0.932. The first-order valence-electron chi connectivity index (χ1n) is 7.94. The minimum absolute atomic E-state index is 0.424. The van der Waals surface area contributed by atoms with E-state index in [-0.39, 0.29) is 0 Å². The summed E-state index contributed by atoms with van der Waals surface area (Å²) in [6.07, 6.45) is 9.72. The van der Waals surface area contributed by atoms with E-state index in [1.54, 1.807) is 11.0 Å². The standard InChI is InChI=1S/C15H26N4O/c1-3-20-13-10-12(15(13)7-4-5-8-15)16-9-6-14-17-11-19(2)18-14/h11-13,16H,3-10H2,1-2H3. The second-order valence-corrected chi connectivity index (χ2v) is 6.21. The predicted molar refractivity (Wildman–Crippen MR) is 77.4 cm³/mol. The van der Waals surface area contributed by atoms with E-state index >= 15 is 0 Å². The molecule has 2 atom stereocenters. The van der Waals surface area contributed by atoms with E-state index in [0.717, 1.165) is 25.4 Å². The molecule has 2 aliphatic carbocycles. The summed E-state index contributed by atoms with van der Waals surface area (Å²) in [7, 11) is 1.91. The SMILES string of the molecule is CCOC1CC(NCCc2ncn(C)n2)C12CCCC2. The van der Waals surface area contributed by atoms with Crippen LogP contribution in [0.25, 0.3) is 0 Å². The van der Waals surface area contributed by atoms with Crippen LogP contribution in [-0.4, -0.2) is 40.1 Å². The topological polar surface area (TPSA) is 52.0 Å². The summed E-state index contributed by atoms with van der Waals surface area (Å²) < 4.78 is 7.71. The predicted octanol–water partition coefficient (Wildman–Crippen LogP) is 1.68. The molecule has 5 nitrogen and oxygen atoms in total. The van der Waals surface area contributed by atoms with Crippen molar-refractivity contribution in [1.29, 1.82) is 0 Å². The Hall–Kier alpha value is -0.940. The Morgan fingerprint density at radius 2 is 2.25 bits per heavy atom. The lowest BCUT2D eigenvalue weighted by molar-refractivity contribution is -0.130. The normalized spacial score (nSPS) is 27.9. The van der Waals surface area contributed by atoms with Crippen LogP contribution < -0.4 is 5.32 Å². The lowest BCUT2D eigenvalue weighted by Gasteiger charge is -2.54. The Bertz CT molecular complexity index is 439. The van der Waals surface area contributed by atoms with Gasteiger partial charge in [0, 0.05) is 38.1 Å². The molecule has 0 radical (unpaired) electrons. The van der Waals surface area contributed by atoms with Crippen molar-refractivity contribution < 1.29 is 4.74 Å². The fourth-order valence-electron chi connectivity index (χ4n) is 4.03. The molecule has 3 rings (SSSR count). The number of rotatable bonds is 6. The number of aromatic nitrogens is 3. The molecular formula is C15H26N4O. The zero-order valence-corrected chi connectivity index (χ0v) is 12.6. The van der Waals surface area contributed by atoms with Crippen molar-refractivity contribution in [1.82, 2.24) is 20.1 Å². The van der Waals surface area contributed by atoms with E-state index in [9.17, 15) is 0 Å². The van der Waals surface area contributed by atoms with Crippen molar-refractivity contribution in [2.24, 2.45) is 12.5 Å². The second kappa shape index (κ2) is 5.82. The molecule has 0 amide bonds. The van der Waals surface area contributed by atoms with Crippen LogP contribution in [0.4, 0.5) is 0 Å². The Labute approximate surface area is 121 Å². The molecule has 112 valence electrons. The van der Waals surface area contributed by atoms with Gasteiger partial charge in [-0.2, -0.15) is 5.10 Å². The zero-order valence-electron chi connectivity index (χ0n) is 12.6. The number of aryl methyl sites for hydroxylation is 1. The number of hydrogen-bond acceptors (Lipinski definition) is 4. The molecule has 2 unspecified atom stereocenters. The van der Waals surface area contributed by atoms with Crippen LogP contribution >= 0.6 is 0 Å². The Morgan fingerprint density at radius 3 is 2.90 bits per heavy atom. The van der Waals surface area contributed by atoms with E-state index in [0.29, 0.717) is 17.6 Å². The molecule has 1 aromatic heterocycles. The van der Waals surface area contributed by atoms with Crippen molar-refractivity contribution in [3.63, 3.8) is 0 Å². The van der Waals surface area contributed by atoms with E-state index in [1.165, 1.54) is 32.1 Å². The summed E-state index contributed by atoms with van der Waals surface area (Å²) in [4.78, 5) is 4.28. The smallest absolute Gasteiger partial charge is 0.151 e. The molecule has 2 saturated carbocycles. The molecule has 5 heteroatoms. The van der Waals surface area contributed by atoms with Gasteiger partial charge in [-0.05, 0) is 26.2 Å². The van der Waals surface area contributed by atoms with Crippen molar-refractivity contribution in [3.05, 3.63) is 12.2 Å². The highest BCUT2D eigenvalue weighted by Crippen LogP contribution is 2.54. The lowest BCUT2D eigenvalue weighted by Crippen LogP contribution is -2.62. The van der Waals surface area contributed by atoms with Crippen LogP contribution in [0.2, 0.25) is 0 Å². The minimum atomic E-state index is 0.424. The van der Waals surface area contributed by atoms with Gasteiger partial charge in [0.25, 0.3) is 0 Å². The zero-order chi connectivity index (χ0) is 14.0. The monoisotopic (exact) mass is 278 g/mol. The van der Waals surface area contributed by atoms with Crippen LogP contribution in [0, 0.1) is 5.41 Å². The van der Waals surface area contributed by atoms with Crippen molar-refractivity contribution in [3.8, 4) is 0 Å². The molecule has 0 saturated heterocycles. The van der Waals surface area contributed by atoms with Gasteiger partial charge in [-0.25, -0.2) is 4.98 Å². The van der Waals surface area contributed by atoms with Gasteiger partial charge in [0.1, 0.15) is 6.33 Å². The largest absolute Gasteiger partial charge is 0.378 e. The average Bonchev–Trinajstić information content (AvgIpc) is 3.07. The average molecular weight is 278 g/mol. The second-order valence-electron chi connectivity index (χ2n) is 6.21. The van der Waals surface area contributed by atoms with Gasteiger partial charge in [0.15, 0.2) is 5.82 Å². The molecule has 0 bridgehead atoms. The number of nitrogens with one attached hydrogen (secondary N) is 1. The van der Waals surface area contributed by atoms with Gasteiger partial charge < -0.3 is 10.1 Å². The van der Waals surface area contributed by atoms with E-state index < -0.39 is 0 Å². The Kier molecular flexibility index (Phi) is 4.08. The van der Waals surface area contributed by atoms with E-state index in [4.69, 9.17) is 4.74 Å². The van der Waals surface area contributed by atoms with Crippen molar-refractivity contribution in [2.75, 3.05) is 13.2 Å². The van der Waals surface area contributed by atoms with E-state index in [2.05, 4.69) is 22.3 Å². The third-order valence-electron chi connectivity index (χ3n) is 5.07. The Balaban J connectivity index is 1.50. The number of nitrogens with zero attached hydrogens (tertiary/aromatic N) is 3. The fourth-order valence-corrected chi connectivity index (χ4v) is 4.03. The molecule has 0 aliphatic heterocycles. The number of hydrogen-bond donors (Lipinski definition) is 1. The van der Waals surface area contributed by atoms with Gasteiger partial charge in [-0.15, -0.1) is 0 Å². The van der Waals surface area contributed by atoms with Crippen LogP contribution in [0.15, 0.2) is 6.33 Å². The summed E-state index contributed by atoms with van der Waals surface area (Å²) in [5.41, 5.74) is 0.424. The molecule has 1 aromatic rings. The van der Waals surface area contributed by atoms with Crippen LogP contribution in [0.5, 0.6) is 0 Å². The number of ether oxygens (including phenoxy) is 1. The lowest BCUT2D eigenvalue weighted by atomic mass is 9.60. The summed E-state index contributed by atoms with van der Waals surface area (Å²) in [6.45, 7) is 3.92. The third kappa shape index (κ3) is 2.49. The highest BCUT2D eigenvalue weighted by atomic mass is 16.5. The molecule has 0 aromatic carbocycles. The first-order chi connectivity index (χ1) is 9.74. The molecule has 1 heterocycles. The van der Waals surface area contributed by atoms with Crippen molar-refractivity contribution in [2.45, 2.75) is 57.6 Å². The van der Waals surface area contributed by atoms with Crippen molar-refractivity contribution >= 4 is 0 Å². The van der Waals surface area contributed by atoms with Gasteiger partial charge in [0.05, 0.1) is 6.10 Å². The van der Waals surface area contributed by atoms with Crippen LogP contribution in [0.1, 0.15) is 44.9 Å². The maximum atomic E-state index is 5.95. The molecule has 1 N–H and O–H groups in total. The molecular weight excluding hydrogens is 252 g/mol. The van der Waals surface area contributed by atoms with Crippen LogP contribution in [0.3, 0.4) is 0 Å². The minimum Gasteiger partial charge on any atom is -0.378 e. The summed E-state index contributed by atoms with van der Waals surface area (Å²) in [5, 5.41) is 8.05. The highest BCUT2D eigenvalue weighted by Gasteiger charge is 2.56. The van der Waals surface area contributed by atoms with Gasteiger partial charge in [-0.3, -0.25) is 4.68 Å². The highest BCUT2D eigenvalue weighted by molar-refractivity contribution is 5.10. The Morgan fingerprint density at radius 1 is 1.45 bits per heavy atom. The van der Waals surface area contributed by atoms with Gasteiger partial charge in [0.2, 0.25) is 0 Å². The van der Waals surface area contributed by atoms with Gasteiger partial charge in [-0.1, -0.05) is 12.8 Å². The molecule has 20 heavy (non-hydrogen) atoms. The maximum Gasteiger partial charge on any atom is 0.151 e. The molecule has 2 aliphatic rings. The fraction of sp³-hybridized carbons (Fsp3) is 0.867. The summed E-state index contributed by atoms with van der Waals surface area (Å²) in [6, 6.07) is 0.630. The first-order valence-corrected chi connectivity index (χ1v) is 7.94. The summed E-state index contributed by atoms with van der Waals surface area (Å²) >= 11 is 0. The molecule has 2 fully saturated rings. The van der Waals surface area contributed by atoms with Gasteiger partial charge >= 0.3 is 0 Å². The van der Waals surface area contributed by atoms with Crippen LogP contribution in [-0.2, 0) is 18.2 Å². The maximum absolute atomic E-state index is 5.95. The first kappa shape index (κ1) is 14.0.